The van der Waals surface area contributed by atoms with Crippen LogP contribution >= 0.6 is 48.5 Å². The third-order valence-corrected chi connectivity index (χ3v) is 30.2. The maximum absolute atomic E-state index is 8.04. The molecule has 0 amide bonds. The van der Waals surface area contributed by atoms with Crippen LogP contribution in [-0.4, -0.2) is 8.32 Å². The molecule has 0 fully saturated rings. The minimum atomic E-state index is -8.04. The molecular formula is C24H20Cl5O2SiZn. The van der Waals surface area contributed by atoms with Crippen LogP contribution in [0.25, 0.3) is 0 Å². The Hall–Kier alpha value is -1.07. The van der Waals surface area contributed by atoms with Gasteiger partial charge in [0.05, 0.1) is 0 Å². The van der Waals surface area contributed by atoms with E-state index < -0.39 is 15.3 Å². The van der Waals surface area contributed by atoms with Crippen LogP contribution in [0.2, 0.25) is 0 Å². The Labute approximate surface area is 211 Å². The van der Waals surface area contributed by atoms with E-state index in [-0.39, 0.29) is 5.75 Å². The van der Waals surface area contributed by atoms with Gasteiger partial charge < -0.3 is 0 Å². The Balaban J connectivity index is 2.06. The van der Waals surface area contributed by atoms with E-state index in [0.717, 1.165) is 15.6 Å². The number of para-hydroxylation sites is 1. The van der Waals surface area contributed by atoms with E-state index in [9.17, 15) is 0 Å². The summed E-state index contributed by atoms with van der Waals surface area (Å²) in [6.45, 7) is 0. The Morgan fingerprint density at radius 1 is 0.455 bits per heavy atom. The van der Waals surface area contributed by atoms with Gasteiger partial charge in [0.1, 0.15) is 0 Å². The van der Waals surface area contributed by atoms with E-state index in [4.69, 9.17) is 55.3 Å². The van der Waals surface area contributed by atoms with Crippen LogP contribution in [0, 0.1) is 0 Å². The van der Waals surface area contributed by atoms with Gasteiger partial charge in [-0.2, -0.15) is 0 Å². The van der Waals surface area contributed by atoms with Crippen LogP contribution in [0.3, 0.4) is 0 Å². The normalized spacial score (nSPS) is 15.5. The van der Waals surface area contributed by atoms with Gasteiger partial charge in [0.25, 0.3) is 0 Å². The third kappa shape index (κ3) is 5.96. The fourth-order valence-corrected chi connectivity index (χ4v) is 36.6. The molecule has 0 saturated carbocycles. The molecule has 0 bridgehead atoms. The Bertz CT molecular complexity index is 1170. The fourth-order valence-electron chi connectivity index (χ4n) is 4.20. The van der Waals surface area contributed by atoms with E-state index in [1.807, 2.05) is 91.0 Å². The van der Waals surface area contributed by atoms with Crippen LogP contribution in [0.15, 0.2) is 121 Å². The summed E-state index contributed by atoms with van der Waals surface area (Å²) in [6, 6.07) is 37.0. The van der Waals surface area contributed by atoms with Crippen molar-refractivity contribution in [3.8, 4) is 5.75 Å². The van der Waals surface area contributed by atoms with Crippen LogP contribution in [0.4, 0.5) is 0 Å². The first-order valence-electron chi connectivity index (χ1n) is 10.7. The van der Waals surface area contributed by atoms with Gasteiger partial charge in [0, 0.05) is 0 Å². The third-order valence-electron chi connectivity index (χ3n) is 5.33. The predicted molar refractivity (Wildman–Crippen MR) is 141 cm³/mol. The summed E-state index contributed by atoms with van der Waals surface area (Å²) in [5.74, 6) is 0.184. The van der Waals surface area contributed by atoms with Crippen LogP contribution in [0.1, 0.15) is 0 Å². The molecule has 0 aliphatic carbocycles. The Morgan fingerprint density at radius 2 is 0.758 bits per heavy atom. The molecule has 4 aromatic rings. The molecule has 2 nitrogen and oxygen atoms in total. The summed E-state index contributed by atoms with van der Waals surface area (Å²) in [5, 5.41) is 2.37. The number of hydrogen-bond acceptors (Lipinski definition) is 2. The van der Waals surface area contributed by atoms with Crippen molar-refractivity contribution in [2.45, 2.75) is 0 Å². The van der Waals surface area contributed by atoms with Crippen LogP contribution in [-0.2, 0) is 10.3 Å². The number of halogens is 5. The van der Waals surface area contributed by atoms with Gasteiger partial charge in [-0.15, -0.1) is 0 Å². The molecule has 0 aliphatic rings. The molecular weight excluding hydrogens is 591 g/mol. The molecule has 0 radical (unpaired) electrons. The predicted octanol–water partition coefficient (Wildman–Crippen LogP) is 7.11. The molecule has 169 valence electrons. The van der Waals surface area contributed by atoms with Gasteiger partial charge >= 0.3 is 213 Å². The van der Waals surface area contributed by atoms with Crippen molar-refractivity contribution < 1.29 is 13.8 Å². The summed E-state index contributed by atoms with van der Waals surface area (Å²) in [7, 11) is 22.9. The van der Waals surface area contributed by atoms with Gasteiger partial charge in [-0.1, -0.05) is 0 Å². The zero-order valence-corrected chi connectivity index (χ0v) is 25.2. The van der Waals surface area contributed by atoms with Crippen molar-refractivity contribution in [2.75, 3.05) is 0 Å². The van der Waals surface area contributed by atoms with Gasteiger partial charge in [-0.3, -0.25) is 0 Å². The minimum absolute atomic E-state index is 0.184. The molecule has 4 rings (SSSR count). The fraction of sp³-hybridized carbons (Fsp3) is 0. The quantitative estimate of drug-likeness (QED) is 0.164. The molecule has 33 heavy (non-hydrogen) atoms. The van der Waals surface area contributed by atoms with E-state index in [1.54, 1.807) is 30.3 Å². The average Bonchev–Trinajstić information content (AvgIpc) is 2.79. The van der Waals surface area contributed by atoms with Gasteiger partial charge in [0.2, 0.25) is 0 Å². The standard InChI is InChI=1S/C18H15OSi.C6H6O.5ClH.Zn/c19-20(16-10-4-1-5-11-16,17-12-6-2-7-13-17)18-14-8-3-9-15-18;7-6-4-2-1-3-5-6;;;;;;/h1-15H;1-5,7H;5*1H;/q-1;;;;;;;+7/p-6. The second kappa shape index (κ2) is 7.71. The van der Waals surface area contributed by atoms with Crippen LogP contribution < -0.4 is 19.1 Å². The first-order chi connectivity index (χ1) is 15.3. The van der Waals surface area contributed by atoms with E-state index in [1.165, 1.54) is 0 Å². The molecule has 0 N–H and O–H groups in total. The van der Waals surface area contributed by atoms with Crippen LogP contribution in [0.5, 0.6) is 5.75 Å². The SMILES string of the molecule is [Cl][Zn]([Cl])([Cl])([Cl])([Cl])([O]c1ccccc1)[O][Si](c1ccccc1)(c1ccccc1)c1ccccc1. The number of benzene rings is 4. The van der Waals surface area contributed by atoms with Crippen molar-refractivity contribution in [1.29, 1.82) is 0 Å². The molecule has 0 aromatic heterocycles. The van der Waals surface area contributed by atoms with Gasteiger partial charge in [-0.25, -0.2) is 0 Å². The second-order valence-electron chi connectivity index (χ2n) is 8.60. The number of rotatable bonds is 7. The second-order valence-corrected chi connectivity index (χ2v) is 77.0. The number of hydrogen-bond donors (Lipinski definition) is 0. The van der Waals surface area contributed by atoms with Crippen molar-refractivity contribution >= 4 is 72.3 Å². The zero-order chi connectivity index (χ0) is 23.7. The molecule has 4 aromatic carbocycles. The first kappa shape index (κ1) is 25.0. The van der Waals surface area contributed by atoms with Gasteiger partial charge in [0.15, 0.2) is 0 Å². The van der Waals surface area contributed by atoms with Crippen molar-refractivity contribution in [2.24, 2.45) is 0 Å². The van der Waals surface area contributed by atoms with E-state index in [2.05, 4.69) is 0 Å². The summed E-state index contributed by atoms with van der Waals surface area (Å²) in [6.07, 6.45) is 0. The Kier molecular flexibility index (Phi) is 5.85. The van der Waals surface area contributed by atoms with E-state index in [0.29, 0.717) is 0 Å². The summed E-state index contributed by atoms with van der Waals surface area (Å²) < 4.78 is 12.6. The maximum atomic E-state index is 6.92. The summed E-state index contributed by atoms with van der Waals surface area (Å²) in [5.41, 5.74) is 0. The van der Waals surface area contributed by atoms with Gasteiger partial charge in [-0.05, 0) is 0 Å². The zero-order valence-electron chi connectivity index (χ0n) is 17.5. The van der Waals surface area contributed by atoms with Crippen molar-refractivity contribution in [3.63, 3.8) is 0 Å². The monoisotopic (exact) mass is 607 g/mol. The molecule has 9 heteroatoms. The van der Waals surface area contributed by atoms with Crippen molar-refractivity contribution in [3.05, 3.63) is 121 Å². The first-order valence-corrected chi connectivity index (χ1v) is 34.5. The van der Waals surface area contributed by atoms with Crippen molar-refractivity contribution in [1.82, 2.24) is 0 Å². The summed E-state index contributed by atoms with van der Waals surface area (Å²) >= 11 is 0. The molecule has 0 spiro atoms. The molecule has 0 saturated heterocycles. The molecule has 0 atom stereocenters. The molecule has 0 unspecified atom stereocenters. The summed E-state index contributed by atoms with van der Waals surface area (Å²) in [4.78, 5) is 0. The molecule has 0 heterocycles. The molecule has 0 aliphatic heterocycles. The topological polar surface area (TPSA) is 18.5 Å². The Morgan fingerprint density at radius 3 is 1.09 bits per heavy atom. The average molecular weight is 611 g/mol. The van der Waals surface area contributed by atoms with E-state index >= 15 is 0 Å².